The van der Waals surface area contributed by atoms with E-state index in [2.05, 4.69) is 20.6 Å². The van der Waals surface area contributed by atoms with E-state index in [9.17, 15) is 4.79 Å². The summed E-state index contributed by atoms with van der Waals surface area (Å²) in [6.07, 6.45) is 1.73. The number of hydrogen-bond donors (Lipinski definition) is 3. The first kappa shape index (κ1) is 27.9. The van der Waals surface area contributed by atoms with Gasteiger partial charge in [-0.15, -0.1) is 11.3 Å². The van der Waals surface area contributed by atoms with Crippen molar-refractivity contribution in [3.8, 4) is 38.4 Å². The van der Waals surface area contributed by atoms with E-state index in [4.69, 9.17) is 24.9 Å². The number of aromatic nitrogens is 3. The molecule has 0 atom stereocenters. The maximum atomic E-state index is 13.0. The third-order valence-electron chi connectivity index (χ3n) is 6.55. The molecule has 216 valence electrons. The fourth-order valence-electron chi connectivity index (χ4n) is 4.50. The van der Waals surface area contributed by atoms with Crippen LogP contribution in [0.3, 0.4) is 0 Å². The van der Waals surface area contributed by atoms with Crippen molar-refractivity contribution >= 4 is 61.8 Å². The van der Waals surface area contributed by atoms with Crippen molar-refractivity contribution in [1.82, 2.24) is 15.0 Å². The number of hydrogen-bond acceptors (Lipinski definition) is 11. The highest BCUT2D eigenvalue weighted by Gasteiger charge is 2.18. The number of fused-ring (bicyclic) bond motifs is 1. The Kier molecular flexibility index (Phi) is 7.77. The van der Waals surface area contributed by atoms with Gasteiger partial charge in [0.15, 0.2) is 16.6 Å². The predicted molar refractivity (Wildman–Crippen MR) is 172 cm³/mol. The lowest BCUT2D eigenvalue weighted by Crippen LogP contribution is -2.11. The van der Waals surface area contributed by atoms with Crippen LogP contribution in [0.15, 0.2) is 78.3 Å². The first-order chi connectivity index (χ1) is 20.9. The molecule has 12 heteroatoms. The number of anilines is 4. The fourth-order valence-corrected chi connectivity index (χ4v) is 6.34. The Morgan fingerprint density at radius 3 is 2.47 bits per heavy atom. The van der Waals surface area contributed by atoms with Gasteiger partial charge < -0.3 is 30.6 Å². The molecule has 0 fully saturated rings. The van der Waals surface area contributed by atoms with Gasteiger partial charge in [0.05, 0.1) is 32.5 Å². The number of nitrogens with two attached hydrogens (primary N) is 1. The summed E-state index contributed by atoms with van der Waals surface area (Å²) in [6, 6.07) is 20.4. The molecule has 10 nitrogen and oxygen atoms in total. The minimum Gasteiger partial charge on any atom is -0.493 e. The first-order valence-electron chi connectivity index (χ1n) is 13.0. The van der Waals surface area contributed by atoms with E-state index in [0.717, 1.165) is 32.0 Å². The summed E-state index contributed by atoms with van der Waals surface area (Å²) in [7, 11) is 4.68. The van der Waals surface area contributed by atoms with Crippen LogP contribution in [-0.2, 0) is 0 Å². The fraction of sp³-hybridized carbons (Fsp3) is 0.0968. The Hall–Kier alpha value is -5.20. The zero-order chi connectivity index (χ0) is 29.9. The highest BCUT2D eigenvalue weighted by molar-refractivity contribution is 7.23. The first-order valence-corrected chi connectivity index (χ1v) is 14.7. The van der Waals surface area contributed by atoms with Gasteiger partial charge in [0.1, 0.15) is 15.7 Å². The van der Waals surface area contributed by atoms with Gasteiger partial charge in [-0.1, -0.05) is 29.5 Å². The lowest BCUT2D eigenvalue weighted by Gasteiger charge is -2.14. The van der Waals surface area contributed by atoms with E-state index in [0.29, 0.717) is 45.1 Å². The van der Waals surface area contributed by atoms with Crippen LogP contribution in [0.1, 0.15) is 10.4 Å². The van der Waals surface area contributed by atoms with Crippen molar-refractivity contribution < 1.29 is 19.0 Å². The number of nitrogens with one attached hydrogen (secondary N) is 2. The summed E-state index contributed by atoms with van der Waals surface area (Å²) >= 11 is 2.86. The molecule has 6 rings (SSSR count). The number of benzene rings is 3. The van der Waals surface area contributed by atoms with Crippen LogP contribution in [0, 0.1) is 0 Å². The lowest BCUT2D eigenvalue weighted by atomic mass is 10.1. The molecule has 3 heterocycles. The van der Waals surface area contributed by atoms with Crippen molar-refractivity contribution in [3.63, 3.8) is 0 Å². The van der Waals surface area contributed by atoms with Gasteiger partial charge in [-0.05, 0) is 36.4 Å². The van der Waals surface area contributed by atoms with Gasteiger partial charge in [0.2, 0.25) is 5.75 Å². The Morgan fingerprint density at radius 1 is 0.884 bits per heavy atom. The molecule has 0 radical (unpaired) electrons. The van der Waals surface area contributed by atoms with Crippen LogP contribution in [-0.4, -0.2) is 42.2 Å². The normalized spacial score (nSPS) is 10.9. The summed E-state index contributed by atoms with van der Waals surface area (Å²) in [4.78, 5) is 27.4. The molecule has 0 saturated heterocycles. The molecule has 0 aliphatic rings. The van der Waals surface area contributed by atoms with Gasteiger partial charge in [-0.3, -0.25) is 9.78 Å². The average Bonchev–Trinajstić information content (AvgIpc) is 3.66. The van der Waals surface area contributed by atoms with E-state index in [1.165, 1.54) is 22.7 Å². The minimum atomic E-state index is -0.202. The van der Waals surface area contributed by atoms with Crippen LogP contribution in [0.25, 0.3) is 32.0 Å². The number of thiazole rings is 2. The number of methoxy groups -OCH3 is 3. The van der Waals surface area contributed by atoms with E-state index in [1.807, 2.05) is 53.9 Å². The van der Waals surface area contributed by atoms with Crippen LogP contribution in [0.5, 0.6) is 17.2 Å². The monoisotopic (exact) mass is 610 g/mol. The van der Waals surface area contributed by atoms with Crippen LogP contribution in [0.2, 0.25) is 0 Å². The number of rotatable bonds is 9. The largest absolute Gasteiger partial charge is 0.493 e. The Bertz CT molecular complexity index is 1930. The van der Waals surface area contributed by atoms with Crippen molar-refractivity contribution in [2.45, 2.75) is 0 Å². The molecule has 0 spiro atoms. The Morgan fingerprint density at radius 2 is 1.70 bits per heavy atom. The number of carbonyl (C=O) groups is 1. The number of carbonyl (C=O) groups excluding carboxylic acids is 1. The standard InChI is InChI=1S/C31H26N6O4S2/c1-39-24-14-21(15-25(40-2)26(24)41-3)35-31-37-28(32)27(43-31)30-36-23(16-42-30)18-6-4-8-20(13-18)34-29(38)19-9-10-22-17(12-19)7-5-11-33-22/h4-16H,32H2,1-3H3,(H,34,38)(H,35,37). The molecule has 6 aromatic rings. The molecule has 4 N–H and O–H groups in total. The number of pyridine rings is 1. The summed E-state index contributed by atoms with van der Waals surface area (Å²) in [6.45, 7) is 0. The topological polar surface area (TPSA) is 134 Å². The predicted octanol–water partition coefficient (Wildman–Crippen LogP) is 7.09. The molecular formula is C31H26N6O4S2. The zero-order valence-electron chi connectivity index (χ0n) is 23.4. The summed E-state index contributed by atoms with van der Waals surface area (Å²) in [5, 5.41) is 10.4. The van der Waals surface area contributed by atoms with Crippen molar-refractivity contribution in [2.24, 2.45) is 0 Å². The van der Waals surface area contributed by atoms with Gasteiger partial charge >= 0.3 is 0 Å². The number of ether oxygens (including phenoxy) is 3. The minimum absolute atomic E-state index is 0.202. The highest BCUT2D eigenvalue weighted by Crippen LogP contribution is 2.43. The van der Waals surface area contributed by atoms with E-state index in [1.54, 1.807) is 45.7 Å². The molecule has 0 aliphatic carbocycles. The number of nitrogen functional groups attached to an aromatic ring is 1. The van der Waals surface area contributed by atoms with Crippen LogP contribution < -0.4 is 30.6 Å². The second kappa shape index (κ2) is 12.0. The highest BCUT2D eigenvalue weighted by atomic mass is 32.1. The third-order valence-corrected chi connectivity index (χ3v) is 8.53. The maximum absolute atomic E-state index is 13.0. The lowest BCUT2D eigenvalue weighted by molar-refractivity contribution is 0.102. The quantitative estimate of drug-likeness (QED) is 0.157. The van der Waals surface area contributed by atoms with E-state index < -0.39 is 0 Å². The molecular weight excluding hydrogens is 585 g/mol. The summed E-state index contributed by atoms with van der Waals surface area (Å²) in [5.74, 6) is 1.71. The maximum Gasteiger partial charge on any atom is 0.255 e. The second-order valence-electron chi connectivity index (χ2n) is 9.26. The number of amides is 1. The molecule has 0 aliphatic heterocycles. The smallest absolute Gasteiger partial charge is 0.255 e. The van der Waals surface area contributed by atoms with Crippen LogP contribution >= 0.6 is 22.7 Å². The van der Waals surface area contributed by atoms with E-state index in [-0.39, 0.29) is 5.91 Å². The van der Waals surface area contributed by atoms with Gasteiger partial charge in [0.25, 0.3) is 5.91 Å². The van der Waals surface area contributed by atoms with Gasteiger partial charge in [-0.25, -0.2) is 9.97 Å². The second-order valence-corrected chi connectivity index (χ2v) is 11.1. The van der Waals surface area contributed by atoms with E-state index >= 15 is 0 Å². The molecule has 3 aromatic heterocycles. The summed E-state index contributed by atoms with van der Waals surface area (Å²) in [5.41, 5.74) is 10.7. The molecule has 0 unspecified atom stereocenters. The SMILES string of the molecule is COc1cc(Nc2nc(N)c(-c3nc(-c4cccc(NC(=O)c5ccc6ncccc6c5)c4)cs3)s2)cc(OC)c1OC. The third kappa shape index (κ3) is 5.78. The Labute approximate surface area is 255 Å². The summed E-state index contributed by atoms with van der Waals surface area (Å²) < 4.78 is 16.3. The van der Waals surface area contributed by atoms with Gasteiger partial charge in [-0.2, -0.15) is 0 Å². The van der Waals surface area contributed by atoms with Crippen molar-refractivity contribution in [2.75, 3.05) is 37.7 Å². The van der Waals surface area contributed by atoms with Gasteiger partial charge in [0, 0.05) is 51.6 Å². The van der Waals surface area contributed by atoms with Crippen molar-refractivity contribution in [1.29, 1.82) is 0 Å². The molecule has 1 amide bonds. The molecule has 0 saturated carbocycles. The molecule has 3 aromatic carbocycles. The van der Waals surface area contributed by atoms with Crippen LogP contribution in [0.4, 0.5) is 22.3 Å². The zero-order valence-corrected chi connectivity index (χ0v) is 25.0. The molecule has 43 heavy (non-hydrogen) atoms. The molecule has 0 bridgehead atoms. The van der Waals surface area contributed by atoms with Crippen molar-refractivity contribution in [3.05, 3.63) is 83.9 Å². The Balaban J connectivity index is 1.20. The number of nitrogens with zero attached hydrogens (tertiary/aromatic N) is 3. The average molecular weight is 611 g/mol.